The number of benzene rings is 4. The summed E-state index contributed by atoms with van der Waals surface area (Å²) in [6.45, 7) is 0.446. The second-order valence-electron chi connectivity index (χ2n) is 15.7. The molecule has 0 radical (unpaired) electrons. The minimum atomic E-state index is -0.925. The Hall–Kier alpha value is -5.57. The van der Waals surface area contributed by atoms with Crippen molar-refractivity contribution in [3.63, 3.8) is 0 Å². The molecule has 2 atom stereocenters. The Morgan fingerprint density at radius 2 is 1.44 bits per heavy atom. The van der Waals surface area contributed by atoms with Crippen molar-refractivity contribution in [3.8, 4) is 28.7 Å². The third-order valence-corrected chi connectivity index (χ3v) is 12.1. The van der Waals surface area contributed by atoms with Gasteiger partial charge in [-0.1, -0.05) is 103 Å². The molecule has 8 N–H and O–H groups in total. The number of rotatable bonds is 15. The number of hydrogen-bond donors (Lipinski definition) is 7. The summed E-state index contributed by atoms with van der Waals surface area (Å²) in [4.78, 5) is 40.4. The fraction of sp³-hybridized carbons (Fsp3) is 0.348. The lowest BCUT2D eigenvalue weighted by atomic mass is 9.82. The average molecular weight is 931 g/mol. The maximum absolute atomic E-state index is 12.9. The van der Waals surface area contributed by atoms with Crippen molar-refractivity contribution in [1.29, 1.82) is 5.26 Å². The van der Waals surface area contributed by atoms with Gasteiger partial charge in [-0.25, -0.2) is 9.48 Å². The number of H-pyrrole nitrogens is 1. The molecule has 15 nitrogen and oxygen atoms in total. The number of aromatic nitrogens is 5. The summed E-state index contributed by atoms with van der Waals surface area (Å²) >= 11 is 18.8. The van der Waals surface area contributed by atoms with Gasteiger partial charge in [0.1, 0.15) is 5.69 Å². The lowest BCUT2D eigenvalue weighted by molar-refractivity contribution is 0.0794. The molecular weight excluding hydrogens is 881 g/mol. The van der Waals surface area contributed by atoms with Gasteiger partial charge in [-0.2, -0.15) is 10.4 Å². The van der Waals surface area contributed by atoms with Gasteiger partial charge in [-0.15, -0.1) is 5.10 Å². The van der Waals surface area contributed by atoms with Gasteiger partial charge in [0.25, 0.3) is 11.8 Å². The van der Waals surface area contributed by atoms with Gasteiger partial charge >= 0.3 is 5.69 Å². The first-order chi connectivity index (χ1) is 30.8. The Morgan fingerprint density at radius 3 is 2.11 bits per heavy atom. The van der Waals surface area contributed by atoms with Crippen LogP contribution in [-0.2, 0) is 19.5 Å². The van der Waals surface area contributed by atoms with Crippen LogP contribution in [-0.4, -0.2) is 90.1 Å². The summed E-state index contributed by atoms with van der Waals surface area (Å²) in [5.41, 5.74) is 8.59. The van der Waals surface area contributed by atoms with Gasteiger partial charge in [0.15, 0.2) is 5.82 Å². The molecule has 2 amide bonds. The number of carbonyl (C=O) groups is 2. The number of nitrogens with one attached hydrogen (secondary N) is 3. The quantitative estimate of drug-likeness (QED) is 0.0581. The van der Waals surface area contributed by atoms with Crippen LogP contribution in [0, 0.1) is 16.7 Å². The summed E-state index contributed by atoms with van der Waals surface area (Å²) in [5.74, 6) is -0.420. The van der Waals surface area contributed by atoms with Crippen LogP contribution < -0.4 is 22.1 Å². The summed E-state index contributed by atoms with van der Waals surface area (Å²) in [6, 6.07) is 27.5. The Balaban J connectivity index is 0.000000213. The maximum Gasteiger partial charge on any atom is 0.343 e. The van der Waals surface area contributed by atoms with E-state index < -0.39 is 23.3 Å². The Labute approximate surface area is 384 Å². The fourth-order valence-electron chi connectivity index (χ4n) is 7.50. The lowest BCUT2D eigenvalue weighted by Gasteiger charge is -2.25. The van der Waals surface area contributed by atoms with E-state index in [1.54, 1.807) is 35.0 Å². The number of fused-ring (bicyclic) bond motifs is 1. The molecule has 1 aliphatic carbocycles. The largest absolute Gasteiger partial charge is 0.394 e. The highest BCUT2D eigenvalue weighted by Crippen LogP contribution is 2.34. The van der Waals surface area contributed by atoms with Crippen LogP contribution >= 0.6 is 34.8 Å². The number of nitriles is 1. The molecule has 1 aliphatic rings. The molecule has 18 heteroatoms. The number of hydrogen-bond acceptors (Lipinski definition) is 10. The molecule has 6 aromatic rings. The molecule has 0 aliphatic heterocycles. The van der Waals surface area contributed by atoms with Crippen molar-refractivity contribution in [2.45, 2.75) is 70.2 Å². The van der Waals surface area contributed by atoms with Crippen LogP contribution in [0.1, 0.15) is 64.8 Å². The molecule has 0 spiro atoms. The molecule has 0 bridgehead atoms. The van der Waals surface area contributed by atoms with E-state index in [0.717, 1.165) is 65.2 Å². The van der Waals surface area contributed by atoms with E-state index >= 15 is 0 Å². The van der Waals surface area contributed by atoms with Crippen LogP contribution in [0.3, 0.4) is 0 Å². The Kier molecular flexibility index (Phi) is 16.7. The third kappa shape index (κ3) is 12.0. The minimum Gasteiger partial charge on any atom is -0.394 e. The molecular formula is C46H50Cl3N9O6. The third-order valence-electron chi connectivity index (χ3n) is 11.1. The van der Waals surface area contributed by atoms with Crippen molar-refractivity contribution in [3.05, 3.63) is 127 Å². The number of carbonyl (C=O) groups excluding carboxylic acids is 2. The number of aliphatic hydroxyl groups is 3. The number of nitrogens with zero attached hydrogens (tertiary/aromatic N) is 5. The maximum atomic E-state index is 12.9. The zero-order chi connectivity index (χ0) is 45.8. The van der Waals surface area contributed by atoms with Gasteiger partial charge in [-0.3, -0.25) is 19.3 Å². The SMILES string of the molecule is N#CC1(CNC(=O)c2cc(-c3nn(CC(O)CN)c(=O)[nH]3)ccc2Cl)CCCCCC1.O=C(NCCc1ccccc1Cl)c1cc(-c2nn(CC(O)CO)c3ccccc23)ccc1Cl. The van der Waals surface area contributed by atoms with Crippen molar-refractivity contribution < 1.29 is 24.9 Å². The van der Waals surface area contributed by atoms with E-state index in [9.17, 15) is 35.0 Å². The van der Waals surface area contributed by atoms with E-state index in [1.165, 1.54) is 0 Å². The highest BCUT2D eigenvalue weighted by molar-refractivity contribution is 6.34. The van der Waals surface area contributed by atoms with E-state index in [2.05, 4.69) is 31.9 Å². The summed E-state index contributed by atoms with van der Waals surface area (Å²) < 4.78 is 2.74. The number of para-hydroxylation sites is 1. The van der Waals surface area contributed by atoms with E-state index in [-0.39, 0.29) is 61.0 Å². The monoisotopic (exact) mass is 929 g/mol. The van der Waals surface area contributed by atoms with Gasteiger partial charge in [0, 0.05) is 41.2 Å². The number of nitrogens with two attached hydrogens (primary N) is 1. The van der Waals surface area contributed by atoms with Gasteiger partial charge in [0.2, 0.25) is 0 Å². The van der Waals surface area contributed by atoms with Crippen LogP contribution in [0.2, 0.25) is 15.1 Å². The second-order valence-corrected chi connectivity index (χ2v) is 16.9. The zero-order valence-electron chi connectivity index (χ0n) is 34.9. The van der Waals surface area contributed by atoms with Crippen LogP contribution in [0.15, 0.2) is 89.7 Å². The van der Waals surface area contributed by atoms with Gasteiger partial charge < -0.3 is 31.7 Å². The molecule has 2 aromatic heterocycles. The minimum absolute atomic E-state index is 0.00405. The van der Waals surface area contributed by atoms with Crippen molar-refractivity contribution in [1.82, 2.24) is 35.2 Å². The number of aliphatic hydroxyl groups excluding tert-OH is 3. The van der Waals surface area contributed by atoms with Crippen LogP contribution in [0.5, 0.6) is 0 Å². The summed E-state index contributed by atoms with van der Waals surface area (Å²) in [5, 5.41) is 55.2. The zero-order valence-corrected chi connectivity index (χ0v) is 37.2. The van der Waals surface area contributed by atoms with E-state index in [1.807, 2.05) is 54.6 Å². The van der Waals surface area contributed by atoms with Crippen molar-refractivity contribution >= 4 is 57.5 Å². The highest BCUT2D eigenvalue weighted by Gasteiger charge is 2.32. The van der Waals surface area contributed by atoms with E-state index in [4.69, 9.17) is 40.5 Å². The topological polar surface area (TPSA) is 237 Å². The highest BCUT2D eigenvalue weighted by atomic mass is 35.5. The molecule has 0 saturated heterocycles. The first-order valence-corrected chi connectivity index (χ1v) is 22.1. The summed E-state index contributed by atoms with van der Waals surface area (Å²) in [6.07, 6.45) is 4.50. The molecule has 1 fully saturated rings. The van der Waals surface area contributed by atoms with Gasteiger partial charge in [0.05, 0.1) is 70.1 Å². The van der Waals surface area contributed by atoms with Crippen molar-refractivity contribution in [2.24, 2.45) is 11.1 Å². The lowest BCUT2D eigenvalue weighted by Crippen LogP contribution is -2.36. The first kappa shape index (κ1) is 47.9. The predicted molar refractivity (Wildman–Crippen MR) is 247 cm³/mol. The number of halogens is 3. The molecule has 64 heavy (non-hydrogen) atoms. The van der Waals surface area contributed by atoms with E-state index in [0.29, 0.717) is 39.8 Å². The van der Waals surface area contributed by atoms with Crippen LogP contribution in [0.25, 0.3) is 33.5 Å². The fourth-order valence-corrected chi connectivity index (χ4v) is 8.14. The second kappa shape index (κ2) is 22.4. The standard InChI is InChI=1S/C25H23Cl2N3O3.C21H27ClN6O3/c26-21-7-3-1-5-16(21)11-12-28-25(33)20-13-17(9-10-22(20)27)24-19-6-2-4-8-23(19)30(29-24)14-18(32)15-31;22-17-6-5-14(18-26-20(31)28(27-18)11-15(29)10-23)9-16(17)19(30)25-13-21(12-24)7-3-1-2-4-8-21/h1-10,13,18,31-32H,11-12,14-15H2,(H,28,33);5-6,9,15,29H,1-4,7-8,10-11,13,23H2,(H,25,30)(H,26,27,31). The normalized spacial score (nSPS) is 14.4. The Bertz CT molecular complexity index is 2670. The predicted octanol–water partition coefficient (Wildman–Crippen LogP) is 6.14. The molecule has 2 heterocycles. The van der Waals surface area contributed by atoms with Crippen LogP contribution in [0.4, 0.5) is 0 Å². The number of amides is 2. The molecule has 1 saturated carbocycles. The molecule has 7 rings (SSSR count). The molecule has 336 valence electrons. The van der Waals surface area contributed by atoms with Crippen molar-refractivity contribution in [2.75, 3.05) is 26.2 Å². The molecule has 2 unspecified atom stereocenters. The summed E-state index contributed by atoms with van der Waals surface area (Å²) in [7, 11) is 0. The number of aromatic amines is 1. The first-order valence-electron chi connectivity index (χ1n) is 21.0. The average Bonchev–Trinajstić information content (AvgIpc) is 3.75. The Morgan fingerprint density at radius 1 is 0.812 bits per heavy atom. The molecule has 4 aromatic carbocycles. The van der Waals surface area contributed by atoms with Gasteiger partial charge in [-0.05, 0) is 67.3 Å². The smallest absolute Gasteiger partial charge is 0.343 e.